The molecule has 3 rings (SSSR count). The highest BCUT2D eigenvalue weighted by atomic mass is 16.5. The average molecular weight is 375 g/mol. The van der Waals surface area contributed by atoms with E-state index in [1.165, 1.54) is 0 Å². The van der Waals surface area contributed by atoms with E-state index < -0.39 is 5.97 Å². The number of carbonyl (C=O) groups is 2. The van der Waals surface area contributed by atoms with Gasteiger partial charge >= 0.3 is 12.0 Å². The third kappa shape index (κ3) is 4.53. The van der Waals surface area contributed by atoms with Crippen LogP contribution in [0.2, 0.25) is 0 Å². The van der Waals surface area contributed by atoms with Crippen molar-refractivity contribution in [3.63, 3.8) is 0 Å². The molecule has 1 aromatic rings. The monoisotopic (exact) mass is 375 g/mol. The maximum absolute atomic E-state index is 12.6. The van der Waals surface area contributed by atoms with Crippen molar-refractivity contribution in [2.75, 3.05) is 33.3 Å². The van der Waals surface area contributed by atoms with Crippen LogP contribution in [0.3, 0.4) is 0 Å². The molecule has 1 aromatic carbocycles. The van der Waals surface area contributed by atoms with E-state index >= 15 is 0 Å². The molecule has 2 aliphatic rings. The summed E-state index contributed by atoms with van der Waals surface area (Å²) in [7, 11) is 1.68. The van der Waals surface area contributed by atoms with Gasteiger partial charge in [-0.2, -0.15) is 0 Å². The van der Waals surface area contributed by atoms with Crippen molar-refractivity contribution in [3.8, 4) is 5.75 Å². The van der Waals surface area contributed by atoms with Crippen molar-refractivity contribution >= 4 is 12.0 Å². The Morgan fingerprint density at radius 1 is 1.33 bits per heavy atom. The standard InChI is InChI=1S/C20H29N3O4/c1-3-22(13-19(24)25)16-10-15(11-16)21-20(26)23-9-8-14(12-23)17-6-4-5-7-18(17)27-2/h4-7,14-16H,3,8-13H2,1-2H3,(H,21,26)(H,24,25). The average Bonchev–Trinajstić information content (AvgIpc) is 3.12. The van der Waals surface area contributed by atoms with Crippen LogP contribution in [0.25, 0.3) is 0 Å². The summed E-state index contributed by atoms with van der Waals surface area (Å²) < 4.78 is 5.45. The van der Waals surface area contributed by atoms with Crippen molar-refractivity contribution in [1.29, 1.82) is 0 Å². The van der Waals surface area contributed by atoms with Gasteiger partial charge in [-0.1, -0.05) is 25.1 Å². The highest BCUT2D eigenvalue weighted by Gasteiger charge is 2.36. The molecule has 1 saturated heterocycles. The molecule has 7 nitrogen and oxygen atoms in total. The Balaban J connectivity index is 1.47. The fraction of sp³-hybridized carbons (Fsp3) is 0.600. The number of nitrogens with one attached hydrogen (secondary N) is 1. The molecule has 7 heteroatoms. The fourth-order valence-electron chi connectivity index (χ4n) is 4.14. The van der Waals surface area contributed by atoms with Gasteiger partial charge in [0.2, 0.25) is 0 Å². The molecule has 148 valence electrons. The highest BCUT2D eigenvalue weighted by molar-refractivity contribution is 5.75. The fourth-order valence-corrected chi connectivity index (χ4v) is 4.14. The van der Waals surface area contributed by atoms with Crippen molar-refractivity contribution in [3.05, 3.63) is 29.8 Å². The first-order chi connectivity index (χ1) is 13.0. The number of carboxylic acids is 1. The minimum atomic E-state index is -0.802. The van der Waals surface area contributed by atoms with E-state index in [-0.39, 0.29) is 24.7 Å². The first-order valence-electron chi connectivity index (χ1n) is 9.66. The maximum Gasteiger partial charge on any atom is 0.317 e. The Labute approximate surface area is 160 Å². The summed E-state index contributed by atoms with van der Waals surface area (Å²) in [6.45, 7) is 4.18. The number of rotatable bonds is 7. The number of likely N-dealkylation sites (tertiary alicyclic amines) is 1. The van der Waals surface area contributed by atoms with Crippen LogP contribution >= 0.6 is 0 Å². The minimum Gasteiger partial charge on any atom is -0.496 e. The van der Waals surface area contributed by atoms with Crippen molar-refractivity contribution in [1.82, 2.24) is 15.1 Å². The van der Waals surface area contributed by atoms with E-state index in [9.17, 15) is 9.59 Å². The molecule has 1 aliphatic carbocycles. The van der Waals surface area contributed by atoms with Gasteiger partial charge in [0.25, 0.3) is 0 Å². The van der Waals surface area contributed by atoms with Gasteiger partial charge in [0.1, 0.15) is 5.75 Å². The van der Waals surface area contributed by atoms with Gasteiger partial charge in [-0.15, -0.1) is 0 Å². The number of para-hydroxylation sites is 1. The normalized spacial score (nSPS) is 24.6. The van der Waals surface area contributed by atoms with Crippen LogP contribution in [0.4, 0.5) is 4.79 Å². The minimum absolute atomic E-state index is 0.0165. The van der Waals surface area contributed by atoms with Crippen LogP contribution in [0, 0.1) is 0 Å². The number of hydrogen-bond acceptors (Lipinski definition) is 4. The molecular weight excluding hydrogens is 346 g/mol. The molecule has 0 radical (unpaired) electrons. The number of carbonyl (C=O) groups excluding carboxylic acids is 1. The number of urea groups is 1. The first kappa shape index (κ1) is 19.5. The molecule has 0 bridgehead atoms. The lowest BCUT2D eigenvalue weighted by atomic mass is 9.85. The van der Waals surface area contributed by atoms with E-state index in [0.29, 0.717) is 19.0 Å². The third-order valence-corrected chi connectivity index (χ3v) is 5.76. The largest absolute Gasteiger partial charge is 0.496 e. The van der Waals surface area contributed by atoms with E-state index in [0.717, 1.165) is 37.1 Å². The van der Waals surface area contributed by atoms with Crippen LogP contribution in [-0.4, -0.2) is 72.3 Å². The van der Waals surface area contributed by atoms with Crippen LogP contribution in [0.5, 0.6) is 5.75 Å². The first-order valence-corrected chi connectivity index (χ1v) is 9.66. The number of amides is 2. The molecule has 2 amide bonds. The van der Waals surface area contributed by atoms with Crippen LogP contribution < -0.4 is 10.1 Å². The number of benzene rings is 1. The number of nitrogens with zero attached hydrogens (tertiary/aromatic N) is 2. The second kappa shape index (κ2) is 8.61. The maximum atomic E-state index is 12.6. The van der Waals surface area contributed by atoms with Crippen molar-refractivity contribution in [2.24, 2.45) is 0 Å². The third-order valence-electron chi connectivity index (χ3n) is 5.76. The van der Waals surface area contributed by atoms with E-state index in [1.807, 2.05) is 34.9 Å². The molecule has 1 heterocycles. The Hall–Kier alpha value is -2.28. The number of methoxy groups -OCH3 is 1. The molecule has 2 N–H and O–H groups in total. The summed E-state index contributed by atoms with van der Waals surface area (Å²) in [6, 6.07) is 8.36. The number of likely N-dealkylation sites (N-methyl/N-ethyl adjacent to an activating group) is 1. The zero-order chi connectivity index (χ0) is 19.4. The van der Waals surface area contributed by atoms with Crippen LogP contribution in [-0.2, 0) is 4.79 Å². The second-order valence-corrected chi connectivity index (χ2v) is 7.40. The van der Waals surface area contributed by atoms with Gasteiger partial charge in [0, 0.05) is 31.1 Å². The van der Waals surface area contributed by atoms with Crippen molar-refractivity contribution in [2.45, 2.75) is 44.2 Å². The smallest absolute Gasteiger partial charge is 0.317 e. The Morgan fingerprint density at radius 3 is 2.74 bits per heavy atom. The van der Waals surface area contributed by atoms with Crippen LogP contribution in [0.15, 0.2) is 24.3 Å². The van der Waals surface area contributed by atoms with Crippen LogP contribution in [0.1, 0.15) is 37.7 Å². The summed E-state index contributed by atoms with van der Waals surface area (Å²) in [6.07, 6.45) is 2.57. The molecule has 0 spiro atoms. The molecule has 1 aliphatic heterocycles. The van der Waals surface area contributed by atoms with Gasteiger partial charge in [-0.3, -0.25) is 9.69 Å². The molecule has 1 atom stereocenters. The predicted octanol–water partition coefficient (Wildman–Crippen LogP) is 2.13. The van der Waals surface area contributed by atoms with E-state index in [4.69, 9.17) is 9.84 Å². The number of hydrogen-bond donors (Lipinski definition) is 2. The van der Waals surface area contributed by atoms with E-state index in [2.05, 4.69) is 11.4 Å². The predicted molar refractivity (Wildman–Crippen MR) is 102 cm³/mol. The van der Waals surface area contributed by atoms with Gasteiger partial charge in [0.15, 0.2) is 0 Å². The molecule has 0 aromatic heterocycles. The zero-order valence-corrected chi connectivity index (χ0v) is 16.1. The van der Waals surface area contributed by atoms with Gasteiger partial charge in [-0.05, 0) is 37.4 Å². The van der Waals surface area contributed by atoms with Gasteiger partial charge < -0.3 is 20.1 Å². The number of ether oxygens (including phenoxy) is 1. The number of aliphatic carboxylic acids is 1. The lowest BCUT2D eigenvalue weighted by Gasteiger charge is -2.42. The lowest BCUT2D eigenvalue weighted by Crippen LogP contribution is -2.56. The highest BCUT2D eigenvalue weighted by Crippen LogP contribution is 2.33. The second-order valence-electron chi connectivity index (χ2n) is 7.40. The summed E-state index contributed by atoms with van der Waals surface area (Å²) in [5.74, 6) is 0.376. The summed E-state index contributed by atoms with van der Waals surface area (Å²) in [5.41, 5.74) is 1.16. The number of carboxylic acid groups (broad SMARTS) is 1. The summed E-state index contributed by atoms with van der Waals surface area (Å²) in [5, 5.41) is 12.1. The molecule has 27 heavy (non-hydrogen) atoms. The molecule has 1 saturated carbocycles. The zero-order valence-electron chi connectivity index (χ0n) is 16.1. The molecule has 1 unspecified atom stereocenters. The lowest BCUT2D eigenvalue weighted by molar-refractivity contribution is -0.139. The Morgan fingerprint density at radius 2 is 2.07 bits per heavy atom. The summed E-state index contributed by atoms with van der Waals surface area (Å²) >= 11 is 0. The Kier molecular flexibility index (Phi) is 6.21. The SMILES string of the molecule is CCN(CC(=O)O)C1CC(NC(=O)N2CCC(c3ccccc3OC)C2)C1. The van der Waals surface area contributed by atoms with Gasteiger partial charge in [0.05, 0.1) is 13.7 Å². The summed E-state index contributed by atoms with van der Waals surface area (Å²) in [4.78, 5) is 27.3. The molecular formula is C20H29N3O4. The Bertz CT molecular complexity index is 675. The van der Waals surface area contributed by atoms with Crippen molar-refractivity contribution < 1.29 is 19.4 Å². The van der Waals surface area contributed by atoms with E-state index in [1.54, 1.807) is 7.11 Å². The molecule has 2 fully saturated rings. The topological polar surface area (TPSA) is 82.1 Å². The quantitative estimate of drug-likeness (QED) is 0.763. The van der Waals surface area contributed by atoms with Gasteiger partial charge in [-0.25, -0.2) is 4.79 Å².